The van der Waals surface area contributed by atoms with E-state index in [4.69, 9.17) is 9.47 Å². The molecule has 32 heavy (non-hydrogen) atoms. The molecule has 2 aliphatic heterocycles. The number of nitrogens with zero attached hydrogens (tertiary/aromatic N) is 3. The van der Waals surface area contributed by atoms with Crippen molar-refractivity contribution in [3.63, 3.8) is 0 Å². The molecule has 0 saturated carbocycles. The molecule has 180 valence electrons. The van der Waals surface area contributed by atoms with Gasteiger partial charge in [0.2, 0.25) is 10.0 Å². The number of piperidine rings is 1. The van der Waals surface area contributed by atoms with Crippen LogP contribution in [0.25, 0.3) is 0 Å². The van der Waals surface area contributed by atoms with Gasteiger partial charge >= 0.3 is 6.03 Å². The first kappa shape index (κ1) is 24.6. The Morgan fingerprint density at radius 2 is 1.66 bits per heavy atom. The Balaban J connectivity index is 1.52. The minimum Gasteiger partial charge on any atom is -0.493 e. The summed E-state index contributed by atoms with van der Waals surface area (Å²) < 4.78 is 38.0. The van der Waals surface area contributed by atoms with Crippen LogP contribution < -0.4 is 14.8 Å². The third-order valence-corrected chi connectivity index (χ3v) is 7.95. The molecule has 0 spiro atoms. The minimum atomic E-state index is -3.68. The number of likely N-dealkylation sites (tertiary alicyclic amines) is 1. The number of amides is 2. The van der Waals surface area contributed by atoms with Gasteiger partial charge in [0.25, 0.3) is 0 Å². The molecule has 1 aromatic carbocycles. The van der Waals surface area contributed by atoms with Gasteiger partial charge in [0, 0.05) is 57.9 Å². The van der Waals surface area contributed by atoms with Crippen molar-refractivity contribution in [3.8, 4) is 11.5 Å². The van der Waals surface area contributed by atoms with Gasteiger partial charge < -0.3 is 24.6 Å². The van der Waals surface area contributed by atoms with Gasteiger partial charge in [-0.1, -0.05) is 13.8 Å². The molecule has 0 aliphatic carbocycles. The van der Waals surface area contributed by atoms with E-state index < -0.39 is 10.0 Å². The Kier molecular flexibility index (Phi) is 8.24. The van der Waals surface area contributed by atoms with Crippen molar-refractivity contribution in [2.24, 2.45) is 5.92 Å². The second-order valence-corrected chi connectivity index (χ2v) is 10.8. The van der Waals surface area contributed by atoms with Crippen LogP contribution in [0.2, 0.25) is 0 Å². The Bertz CT molecular complexity index is 876. The second kappa shape index (κ2) is 10.7. The monoisotopic (exact) mass is 468 g/mol. The topological polar surface area (TPSA) is 91.4 Å². The molecule has 2 aliphatic rings. The van der Waals surface area contributed by atoms with Crippen molar-refractivity contribution < 1.29 is 22.7 Å². The lowest BCUT2D eigenvalue weighted by Gasteiger charge is -2.37. The predicted octanol–water partition coefficient (Wildman–Crippen LogP) is 1.84. The molecular weight excluding hydrogens is 432 g/mol. The Morgan fingerprint density at radius 3 is 2.22 bits per heavy atom. The minimum absolute atomic E-state index is 0.101. The molecule has 0 radical (unpaired) electrons. The first-order valence-electron chi connectivity index (χ1n) is 11.2. The highest BCUT2D eigenvalue weighted by atomic mass is 32.2. The van der Waals surface area contributed by atoms with E-state index in [2.05, 4.69) is 24.1 Å². The van der Waals surface area contributed by atoms with Gasteiger partial charge in [0.05, 0.1) is 19.1 Å². The lowest BCUT2D eigenvalue weighted by atomic mass is 10.0. The van der Waals surface area contributed by atoms with Crippen LogP contribution in [0, 0.1) is 5.92 Å². The highest BCUT2D eigenvalue weighted by Crippen LogP contribution is 2.31. The number of benzene rings is 1. The van der Waals surface area contributed by atoms with Crippen LogP contribution >= 0.6 is 0 Å². The summed E-state index contributed by atoms with van der Waals surface area (Å²) in [7, 11) is -0.701. The number of piperazine rings is 1. The number of nitrogens with one attached hydrogen (secondary N) is 1. The van der Waals surface area contributed by atoms with E-state index in [-0.39, 0.29) is 30.1 Å². The maximum atomic E-state index is 13.1. The van der Waals surface area contributed by atoms with Crippen molar-refractivity contribution in [3.05, 3.63) is 18.2 Å². The number of rotatable bonds is 7. The third-order valence-electron chi connectivity index (χ3n) is 6.06. The first-order chi connectivity index (χ1) is 15.2. The molecule has 0 bridgehead atoms. The van der Waals surface area contributed by atoms with Crippen LogP contribution in [0.5, 0.6) is 11.5 Å². The molecule has 0 aromatic heterocycles. The van der Waals surface area contributed by atoms with E-state index in [1.54, 1.807) is 11.0 Å². The van der Waals surface area contributed by atoms with E-state index in [0.717, 1.165) is 32.5 Å². The average Bonchev–Trinajstić information content (AvgIpc) is 2.79. The zero-order chi connectivity index (χ0) is 23.3. The number of hydrogen-bond donors (Lipinski definition) is 1. The molecule has 2 saturated heterocycles. The number of sulfonamides is 1. The number of carbonyl (C=O) groups is 1. The SMILES string of the molecule is COc1ccc(S(=O)(=O)N2CCN(C(=O)NC3CCN(CC(C)C)CC3)CC2)cc1OC. The summed E-state index contributed by atoms with van der Waals surface area (Å²) >= 11 is 0. The fourth-order valence-corrected chi connectivity index (χ4v) is 5.74. The Hall–Kier alpha value is -2.04. The second-order valence-electron chi connectivity index (χ2n) is 8.83. The molecule has 2 amide bonds. The standard InChI is InChI=1S/C22H36N4O5S/c1-17(2)16-24-9-7-18(8-10-24)23-22(27)25-11-13-26(14-12-25)32(28,29)19-5-6-20(30-3)21(15-19)31-4/h5-6,15,17-18H,7-14,16H2,1-4H3,(H,23,27). The molecule has 0 unspecified atom stereocenters. The molecule has 1 N–H and O–H groups in total. The lowest BCUT2D eigenvalue weighted by molar-refractivity contribution is 0.152. The van der Waals surface area contributed by atoms with Gasteiger partial charge in [0.1, 0.15) is 0 Å². The van der Waals surface area contributed by atoms with E-state index in [9.17, 15) is 13.2 Å². The molecule has 0 atom stereocenters. The van der Waals surface area contributed by atoms with Crippen molar-refractivity contribution in [1.82, 2.24) is 19.4 Å². The normalized spacial score (nSPS) is 19.2. The van der Waals surface area contributed by atoms with Crippen LogP contribution in [0.1, 0.15) is 26.7 Å². The van der Waals surface area contributed by atoms with E-state index in [1.165, 1.54) is 30.7 Å². The van der Waals surface area contributed by atoms with Gasteiger partial charge in [-0.05, 0) is 30.9 Å². The average molecular weight is 469 g/mol. The molecular formula is C22H36N4O5S. The van der Waals surface area contributed by atoms with Crippen molar-refractivity contribution in [1.29, 1.82) is 0 Å². The van der Waals surface area contributed by atoms with E-state index in [0.29, 0.717) is 30.5 Å². The summed E-state index contributed by atoms with van der Waals surface area (Å²) in [4.78, 5) is 17.0. The zero-order valence-electron chi connectivity index (χ0n) is 19.5. The number of ether oxygens (including phenoxy) is 2. The van der Waals surface area contributed by atoms with E-state index in [1.807, 2.05) is 0 Å². The zero-order valence-corrected chi connectivity index (χ0v) is 20.4. The van der Waals surface area contributed by atoms with Gasteiger partial charge in [-0.2, -0.15) is 4.31 Å². The van der Waals surface area contributed by atoms with Crippen molar-refractivity contribution in [2.75, 3.05) is 60.0 Å². The predicted molar refractivity (Wildman–Crippen MR) is 123 cm³/mol. The quantitative estimate of drug-likeness (QED) is 0.657. The highest BCUT2D eigenvalue weighted by molar-refractivity contribution is 7.89. The number of urea groups is 1. The van der Waals surface area contributed by atoms with Gasteiger partial charge in [0.15, 0.2) is 11.5 Å². The molecule has 9 nitrogen and oxygen atoms in total. The van der Waals surface area contributed by atoms with Crippen LogP contribution in [-0.2, 0) is 10.0 Å². The van der Waals surface area contributed by atoms with Crippen LogP contribution in [-0.4, -0.2) is 94.6 Å². The summed E-state index contributed by atoms with van der Waals surface area (Å²) in [6, 6.07) is 4.65. The fraction of sp³-hybridized carbons (Fsp3) is 0.682. The lowest BCUT2D eigenvalue weighted by Crippen LogP contribution is -2.55. The Labute approximate surface area is 191 Å². The van der Waals surface area contributed by atoms with Crippen LogP contribution in [0.3, 0.4) is 0 Å². The summed E-state index contributed by atoms with van der Waals surface area (Å²) in [5.41, 5.74) is 0. The fourth-order valence-electron chi connectivity index (χ4n) is 4.30. The summed E-state index contributed by atoms with van der Waals surface area (Å²) in [6.07, 6.45) is 1.90. The van der Waals surface area contributed by atoms with Crippen molar-refractivity contribution >= 4 is 16.1 Å². The summed E-state index contributed by atoms with van der Waals surface area (Å²) in [5, 5.41) is 3.14. The smallest absolute Gasteiger partial charge is 0.317 e. The number of hydrogen-bond acceptors (Lipinski definition) is 6. The molecule has 1 aromatic rings. The molecule has 10 heteroatoms. The van der Waals surface area contributed by atoms with Crippen LogP contribution in [0.4, 0.5) is 4.79 Å². The van der Waals surface area contributed by atoms with Crippen LogP contribution in [0.15, 0.2) is 23.1 Å². The van der Waals surface area contributed by atoms with E-state index >= 15 is 0 Å². The largest absolute Gasteiger partial charge is 0.493 e. The molecule has 2 heterocycles. The summed E-state index contributed by atoms with van der Waals surface area (Å²) in [6.45, 7) is 8.79. The van der Waals surface area contributed by atoms with Gasteiger partial charge in [-0.3, -0.25) is 0 Å². The maximum Gasteiger partial charge on any atom is 0.317 e. The molecule has 3 rings (SSSR count). The Morgan fingerprint density at radius 1 is 1.03 bits per heavy atom. The third kappa shape index (κ3) is 5.85. The number of methoxy groups -OCH3 is 2. The van der Waals surface area contributed by atoms with Gasteiger partial charge in [-0.15, -0.1) is 0 Å². The molecule has 2 fully saturated rings. The first-order valence-corrected chi connectivity index (χ1v) is 12.7. The highest BCUT2D eigenvalue weighted by Gasteiger charge is 2.31. The summed E-state index contributed by atoms with van der Waals surface area (Å²) in [5.74, 6) is 1.49. The van der Waals surface area contributed by atoms with Gasteiger partial charge in [-0.25, -0.2) is 13.2 Å². The maximum absolute atomic E-state index is 13.1. The van der Waals surface area contributed by atoms with Crippen molar-refractivity contribution in [2.45, 2.75) is 37.6 Å². The number of carbonyl (C=O) groups excluding carboxylic acids is 1.